The molecule has 2 amide bonds. The summed E-state index contributed by atoms with van der Waals surface area (Å²) < 4.78 is 5.38. The molecule has 26 heavy (non-hydrogen) atoms. The van der Waals surface area contributed by atoms with Crippen molar-refractivity contribution < 1.29 is 14.3 Å². The molecule has 136 valence electrons. The van der Waals surface area contributed by atoms with E-state index in [4.69, 9.17) is 16.3 Å². The SMILES string of the molecule is CC(=O)N(c1ccc(NC(=O)c2cccc(Cl)c2)cc1)C1CCOCC1. The van der Waals surface area contributed by atoms with Gasteiger partial charge in [-0.1, -0.05) is 17.7 Å². The normalized spacial score (nSPS) is 14.7. The second-order valence-electron chi connectivity index (χ2n) is 6.24. The minimum atomic E-state index is -0.229. The van der Waals surface area contributed by atoms with E-state index < -0.39 is 0 Å². The molecule has 2 aromatic rings. The monoisotopic (exact) mass is 372 g/mol. The number of ether oxygens (including phenoxy) is 1. The zero-order valence-electron chi connectivity index (χ0n) is 14.6. The van der Waals surface area contributed by atoms with Gasteiger partial charge < -0.3 is 15.0 Å². The summed E-state index contributed by atoms with van der Waals surface area (Å²) in [6, 6.07) is 14.2. The third kappa shape index (κ3) is 4.42. The minimum absolute atomic E-state index is 0.00705. The number of amides is 2. The third-order valence-corrected chi connectivity index (χ3v) is 4.62. The second-order valence-corrected chi connectivity index (χ2v) is 6.68. The highest BCUT2D eigenvalue weighted by Gasteiger charge is 2.24. The van der Waals surface area contributed by atoms with Gasteiger partial charge in [-0.15, -0.1) is 0 Å². The number of carbonyl (C=O) groups excluding carboxylic acids is 2. The average Bonchev–Trinajstić information content (AvgIpc) is 2.64. The van der Waals surface area contributed by atoms with E-state index in [1.807, 2.05) is 17.0 Å². The van der Waals surface area contributed by atoms with Crippen LogP contribution in [0.25, 0.3) is 0 Å². The van der Waals surface area contributed by atoms with Crippen LogP contribution in [0.4, 0.5) is 11.4 Å². The molecule has 6 heteroatoms. The zero-order valence-corrected chi connectivity index (χ0v) is 15.3. The predicted octanol–water partition coefficient (Wildman–Crippen LogP) is 4.12. The number of hydrogen-bond acceptors (Lipinski definition) is 3. The van der Waals surface area contributed by atoms with Gasteiger partial charge in [-0.2, -0.15) is 0 Å². The number of halogens is 1. The maximum Gasteiger partial charge on any atom is 0.255 e. The number of hydrogen-bond donors (Lipinski definition) is 1. The molecule has 1 fully saturated rings. The summed E-state index contributed by atoms with van der Waals surface area (Å²) in [5.41, 5.74) is 1.98. The molecule has 3 rings (SSSR count). The molecule has 1 aliphatic rings. The van der Waals surface area contributed by atoms with Crippen molar-refractivity contribution in [2.24, 2.45) is 0 Å². The summed E-state index contributed by atoms with van der Waals surface area (Å²) in [5.74, 6) is -0.222. The van der Waals surface area contributed by atoms with Gasteiger partial charge in [0.2, 0.25) is 5.91 Å². The summed E-state index contributed by atoms with van der Waals surface area (Å²) in [6.07, 6.45) is 1.65. The fraction of sp³-hybridized carbons (Fsp3) is 0.300. The van der Waals surface area contributed by atoms with Crippen LogP contribution in [0.1, 0.15) is 30.1 Å². The van der Waals surface area contributed by atoms with E-state index >= 15 is 0 Å². The summed E-state index contributed by atoms with van der Waals surface area (Å²) in [5, 5.41) is 3.35. The van der Waals surface area contributed by atoms with Crippen LogP contribution in [0, 0.1) is 0 Å². The van der Waals surface area contributed by atoms with E-state index in [1.165, 1.54) is 0 Å². The van der Waals surface area contributed by atoms with Gasteiger partial charge >= 0.3 is 0 Å². The summed E-state index contributed by atoms with van der Waals surface area (Å²) in [6.45, 7) is 2.91. The van der Waals surface area contributed by atoms with Crippen molar-refractivity contribution in [1.82, 2.24) is 0 Å². The van der Waals surface area contributed by atoms with Crippen LogP contribution in [-0.4, -0.2) is 31.1 Å². The number of anilines is 2. The van der Waals surface area contributed by atoms with Crippen LogP contribution >= 0.6 is 11.6 Å². The molecule has 1 heterocycles. The molecule has 0 aliphatic carbocycles. The summed E-state index contributed by atoms with van der Waals surface area (Å²) in [7, 11) is 0. The summed E-state index contributed by atoms with van der Waals surface area (Å²) >= 11 is 5.92. The van der Waals surface area contributed by atoms with E-state index in [-0.39, 0.29) is 17.9 Å². The van der Waals surface area contributed by atoms with Gasteiger partial charge in [-0.3, -0.25) is 9.59 Å². The van der Waals surface area contributed by atoms with Crippen LogP contribution in [0.2, 0.25) is 5.02 Å². The number of nitrogens with one attached hydrogen (secondary N) is 1. The Bertz CT molecular complexity index is 786. The van der Waals surface area contributed by atoms with Crippen molar-refractivity contribution in [2.75, 3.05) is 23.4 Å². The Morgan fingerprint density at radius 3 is 2.42 bits per heavy atom. The van der Waals surface area contributed by atoms with Crippen molar-refractivity contribution in [3.8, 4) is 0 Å². The van der Waals surface area contributed by atoms with Gasteiger partial charge in [0.05, 0.1) is 0 Å². The molecule has 0 bridgehead atoms. The van der Waals surface area contributed by atoms with Crippen LogP contribution < -0.4 is 10.2 Å². The first-order valence-electron chi connectivity index (χ1n) is 8.59. The maximum atomic E-state index is 12.3. The molecule has 5 nitrogen and oxygen atoms in total. The number of rotatable bonds is 4. The molecule has 1 N–H and O–H groups in total. The Balaban J connectivity index is 1.72. The standard InChI is InChI=1S/C20H21ClN2O3/c1-14(24)23(19-9-11-26-12-10-19)18-7-5-17(6-8-18)22-20(25)15-3-2-4-16(21)13-15/h2-8,13,19H,9-12H2,1H3,(H,22,25). The lowest BCUT2D eigenvalue weighted by atomic mass is 10.1. The van der Waals surface area contributed by atoms with Gasteiger partial charge in [0, 0.05) is 48.1 Å². The largest absolute Gasteiger partial charge is 0.381 e. The van der Waals surface area contributed by atoms with E-state index in [9.17, 15) is 9.59 Å². The lowest BCUT2D eigenvalue weighted by molar-refractivity contribution is -0.117. The van der Waals surface area contributed by atoms with Crippen molar-refractivity contribution in [2.45, 2.75) is 25.8 Å². The highest BCUT2D eigenvalue weighted by atomic mass is 35.5. The predicted molar refractivity (Wildman–Crippen MR) is 103 cm³/mol. The van der Waals surface area contributed by atoms with E-state index in [0.717, 1.165) is 18.5 Å². The van der Waals surface area contributed by atoms with Crippen molar-refractivity contribution in [1.29, 1.82) is 0 Å². The van der Waals surface area contributed by atoms with Gasteiger partial charge in [0.1, 0.15) is 0 Å². The van der Waals surface area contributed by atoms with Crippen LogP contribution in [0.3, 0.4) is 0 Å². The van der Waals surface area contributed by atoms with Crippen LogP contribution in [-0.2, 0) is 9.53 Å². The zero-order chi connectivity index (χ0) is 18.5. The highest BCUT2D eigenvalue weighted by Crippen LogP contribution is 2.25. The van der Waals surface area contributed by atoms with Gasteiger partial charge in [0.15, 0.2) is 0 Å². The second kappa shape index (κ2) is 8.34. The van der Waals surface area contributed by atoms with Crippen molar-refractivity contribution in [3.63, 3.8) is 0 Å². The molecular formula is C20H21ClN2O3. The van der Waals surface area contributed by atoms with Crippen molar-refractivity contribution >= 4 is 34.8 Å². The lowest BCUT2D eigenvalue weighted by Crippen LogP contribution is -2.42. The molecule has 0 unspecified atom stereocenters. The highest BCUT2D eigenvalue weighted by molar-refractivity contribution is 6.31. The first kappa shape index (κ1) is 18.4. The van der Waals surface area contributed by atoms with Gasteiger partial charge in [-0.05, 0) is 55.3 Å². The molecule has 0 aromatic heterocycles. The molecule has 1 saturated heterocycles. The van der Waals surface area contributed by atoms with E-state index in [1.54, 1.807) is 43.3 Å². The lowest BCUT2D eigenvalue weighted by Gasteiger charge is -2.33. The maximum absolute atomic E-state index is 12.3. The van der Waals surface area contributed by atoms with E-state index in [0.29, 0.717) is 29.5 Å². The summed E-state index contributed by atoms with van der Waals surface area (Å²) in [4.78, 5) is 26.2. The molecule has 1 aliphatic heterocycles. The molecular weight excluding hydrogens is 352 g/mol. The average molecular weight is 373 g/mol. The smallest absolute Gasteiger partial charge is 0.255 e. The number of carbonyl (C=O) groups is 2. The van der Waals surface area contributed by atoms with Gasteiger partial charge in [0.25, 0.3) is 5.91 Å². The van der Waals surface area contributed by atoms with Gasteiger partial charge in [-0.25, -0.2) is 0 Å². The minimum Gasteiger partial charge on any atom is -0.381 e. The fourth-order valence-corrected chi connectivity index (χ4v) is 3.32. The van der Waals surface area contributed by atoms with E-state index in [2.05, 4.69) is 5.32 Å². The van der Waals surface area contributed by atoms with Crippen LogP contribution in [0.15, 0.2) is 48.5 Å². The molecule has 2 aromatic carbocycles. The Labute approximate surface area is 157 Å². The Morgan fingerprint density at radius 1 is 1.12 bits per heavy atom. The number of benzene rings is 2. The molecule has 0 atom stereocenters. The fourth-order valence-electron chi connectivity index (χ4n) is 3.13. The van der Waals surface area contributed by atoms with Crippen molar-refractivity contribution in [3.05, 3.63) is 59.1 Å². The number of nitrogens with zero attached hydrogens (tertiary/aromatic N) is 1. The molecule has 0 spiro atoms. The Hall–Kier alpha value is -2.37. The quantitative estimate of drug-likeness (QED) is 0.878. The molecule has 0 saturated carbocycles. The third-order valence-electron chi connectivity index (χ3n) is 4.39. The Morgan fingerprint density at radius 2 is 1.81 bits per heavy atom. The Kier molecular flexibility index (Phi) is 5.91. The van der Waals surface area contributed by atoms with Crippen LogP contribution in [0.5, 0.6) is 0 Å². The topological polar surface area (TPSA) is 58.6 Å². The molecule has 0 radical (unpaired) electrons. The first-order chi connectivity index (χ1) is 12.5. The first-order valence-corrected chi connectivity index (χ1v) is 8.97.